The quantitative estimate of drug-likeness (QED) is 0.673. The second kappa shape index (κ2) is 4.57. The van der Waals surface area contributed by atoms with Crippen LogP contribution in [0.2, 0.25) is 5.02 Å². The van der Waals surface area contributed by atoms with Gasteiger partial charge >= 0.3 is 0 Å². The Morgan fingerprint density at radius 1 is 1.38 bits per heavy atom. The van der Waals surface area contributed by atoms with Gasteiger partial charge in [-0.25, -0.2) is 0 Å². The summed E-state index contributed by atoms with van der Waals surface area (Å²) in [7, 11) is 0. The minimum absolute atomic E-state index is 0.112. The summed E-state index contributed by atoms with van der Waals surface area (Å²) in [6, 6.07) is 6.91. The number of nitrogen functional groups attached to an aromatic ring is 1. The van der Waals surface area contributed by atoms with Gasteiger partial charge in [0.1, 0.15) is 0 Å². The summed E-state index contributed by atoms with van der Waals surface area (Å²) in [5.74, 6) is -0.112. The number of nitrogens with two attached hydrogens (primary N) is 1. The molecule has 0 saturated heterocycles. The number of benzene rings is 1. The summed E-state index contributed by atoms with van der Waals surface area (Å²) in [5.41, 5.74) is 6.79. The lowest BCUT2D eigenvalue weighted by atomic mass is 10.1. The van der Waals surface area contributed by atoms with Gasteiger partial charge in [-0.05, 0) is 39.5 Å². The molecule has 2 aromatic rings. The number of carbonyl (C=O) groups excluding carboxylic acids is 1. The smallest absolute Gasteiger partial charge is 0.205 e. The second-order valence-corrected chi connectivity index (χ2v) is 5.25. The first-order chi connectivity index (χ1) is 7.61. The molecule has 16 heavy (non-hydrogen) atoms. The molecule has 0 unspecified atom stereocenters. The van der Waals surface area contributed by atoms with E-state index in [0.29, 0.717) is 25.6 Å². The van der Waals surface area contributed by atoms with Gasteiger partial charge in [0, 0.05) is 11.3 Å². The van der Waals surface area contributed by atoms with Gasteiger partial charge in [-0.1, -0.05) is 17.7 Å². The SMILES string of the molecule is Nc1cccc(C(=O)c2sccc2Cl)c1Br. The number of hydrogen-bond acceptors (Lipinski definition) is 3. The zero-order chi connectivity index (χ0) is 11.7. The molecule has 0 radical (unpaired) electrons. The maximum atomic E-state index is 12.1. The van der Waals surface area contributed by atoms with Gasteiger partial charge in [-0.2, -0.15) is 0 Å². The predicted molar refractivity (Wildman–Crippen MR) is 71.3 cm³/mol. The Bertz CT molecular complexity index is 553. The highest BCUT2D eigenvalue weighted by Gasteiger charge is 2.17. The highest BCUT2D eigenvalue weighted by atomic mass is 79.9. The molecule has 2 nitrogen and oxygen atoms in total. The van der Waals surface area contributed by atoms with E-state index in [1.54, 1.807) is 29.6 Å². The van der Waals surface area contributed by atoms with Gasteiger partial charge < -0.3 is 5.73 Å². The fourth-order valence-corrected chi connectivity index (χ4v) is 2.84. The Balaban J connectivity index is 2.50. The fraction of sp³-hybridized carbons (Fsp3) is 0. The number of halogens is 2. The van der Waals surface area contributed by atoms with Crippen LogP contribution in [0, 0.1) is 0 Å². The molecule has 0 spiro atoms. The van der Waals surface area contributed by atoms with E-state index in [1.807, 2.05) is 0 Å². The Morgan fingerprint density at radius 2 is 2.12 bits per heavy atom. The van der Waals surface area contributed by atoms with Crippen molar-refractivity contribution in [3.63, 3.8) is 0 Å². The molecule has 0 aliphatic carbocycles. The van der Waals surface area contributed by atoms with Crippen molar-refractivity contribution < 1.29 is 4.79 Å². The van der Waals surface area contributed by atoms with Crippen molar-refractivity contribution in [3.05, 3.63) is 49.6 Å². The highest BCUT2D eigenvalue weighted by Crippen LogP contribution is 2.30. The average molecular weight is 317 g/mol. The third kappa shape index (κ3) is 2.00. The summed E-state index contributed by atoms with van der Waals surface area (Å²) in [4.78, 5) is 12.7. The van der Waals surface area contributed by atoms with E-state index in [1.165, 1.54) is 11.3 Å². The van der Waals surface area contributed by atoms with E-state index in [9.17, 15) is 4.79 Å². The lowest BCUT2D eigenvalue weighted by molar-refractivity contribution is 0.104. The molecule has 0 atom stereocenters. The summed E-state index contributed by atoms with van der Waals surface area (Å²) >= 11 is 10.6. The predicted octanol–water partition coefficient (Wildman–Crippen LogP) is 3.98. The first-order valence-corrected chi connectivity index (χ1v) is 6.48. The Hall–Kier alpha value is -0.840. The van der Waals surface area contributed by atoms with Crippen LogP contribution in [-0.2, 0) is 0 Å². The molecule has 1 aromatic heterocycles. The van der Waals surface area contributed by atoms with Crippen molar-refractivity contribution in [2.75, 3.05) is 5.73 Å². The monoisotopic (exact) mass is 315 g/mol. The second-order valence-electron chi connectivity index (χ2n) is 3.14. The first kappa shape index (κ1) is 11.6. The molecular formula is C11H7BrClNOS. The molecule has 0 aliphatic rings. The molecule has 2 rings (SSSR count). The molecule has 0 aliphatic heterocycles. The summed E-state index contributed by atoms with van der Waals surface area (Å²) < 4.78 is 0.615. The fourth-order valence-electron chi connectivity index (χ4n) is 1.30. The molecule has 82 valence electrons. The largest absolute Gasteiger partial charge is 0.398 e. The van der Waals surface area contributed by atoms with Gasteiger partial charge in [0.25, 0.3) is 0 Å². The van der Waals surface area contributed by atoms with Crippen molar-refractivity contribution in [3.8, 4) is 0 Å². The van der Waals surface area contributed by atoms with Crippen molar-refractivity contribution in [1.29, 1.82) is 0 Å². The molecule has 2 N–H and O–H groups in total. The molecule has 0 amide bonds. The van der Waals surface area contributed by atoms with Crippen LogP contribution >= 0.6 is 38.9 Å². The highest BCUT2D eigenvalue weighted by molar-refractivity contribution is 9.10. The normalized spacial score (nSPS) is 10.4. The van der Waals surface area contributed by atoms with Crippen molar-refractivity contribution in [2.24, 2.45) is 0 Å². The van der Waals surface area contributed by atoms with Gasteiger partial charge in [0.2, 0.25) is 5.78 Å². The summed E-state index contributed by atoms with van der Waals surface area (Å²) in [6.45, 7) is 0. The van der Waals surface area contributed by atoms with E-state index < -0.39 is 0 Å². The lowest BCUT2D eigenvalue weighted by Crippen LogP contribution is -2.02. The molecule has 0 bridgehead atoms. The van der Waals surface area contributed by atoms with Gasteiger partial charge in [-0.3, -0.25) is 4.79 Å². The lowest BCUT2D eigenvalue weighted by Gasteiger charge is -2.04. The van der Waals surface area contributed by atoms with Crippen LogP contribution in [0.4, 0.5) is 5.69 Å². The minimum atomic E-state index is -0.112. The Kier molecular flexibility index (Phi) is 3.33. The van der Waals surface area contributed by atoms with E-state index in [0.717, 1.165) is 0 Å². The maximum Gasteiger partial charge on any atom is 0.205 e. The van der Waals surface area contributed by atoms with Crippen molar-refractivity contribution in [1.82, 2.24) is 0 Å². The summed E-state index contributed by atoms with van der Waals surface area (Å²) in [6.07, 6.45) is 0. The van der Waals surface area contributed by atoms with Crippen LogP contribution in [0.1, 0.15) is 15.2 Å². The number of anilines is 1. The number of rotatable bonds is 2. The molecule has 1 aromatic carbocycles. The van der Waals surface area contributed by atoms with Gasteiger partial charge in [0.15, 0.2) is 0 Å². The van der Waals surface area contributed by atoms with E-state index >= 15 is 0 Å². The van der Waals surface area contributed by atoms with Crippen molar-refractivity contribution >= 4 is 50.3 Å². The van der Waals surface area contributed by atoms with Crippen LogP contribution in [-0.4, -0.2) is 5.78 Å². The Labute approximate surface area is 110 Å². The van der Waals surface area contributed by atoms with Crippen LogP contribution in [0.5, 0.6) is 0 Å². The topological polar surface area (TPSA) is 43.1 Å². The maximum absolute atomic E-state index is 12.1. The van der Waals surface area contributed by atoms with E-state index in [-0.39, 0.29) is 5.78 Å². The van der Waals surface area contributed by atoms with Crippen molar-refractivity contribution in [2.45, 2.75) is 0 Å². The van der Waals surface area contributed by atoms with Crippen LogP contribution in [0.25, 0.3) is 0 Å². The standard InChI is InChI=1S/C11H7BrClNOS/c12-9-6(2-1-3-8(9)14)10(15)11-7(13)4-5-16-11/h1-5H,14H2. The van der Waals surface area contributed by atoms with Crippen LogP contribution in [0.3, 0.4) is 0 Å². The zero-order valence-corrected chi connectivity index (χ0v) is 11.2. The molecule has 1 heterocycles. The first-order valence-electron chi connectivity index (χ1n) is 4.43. The number of carbonyl (C=O) groups is 1. The number of thiophene rings is 1. The average Bonchev–Trinajstić information content (AvgIpc) is 2.68. The van der Waals surface area contributed by atoms with Gasteiger partial charge in [0.05, 0.1) is 14.4 Å². The van der Waals surface area contributed by atoms with E-state index in [4.69, 9.17) is 17.3 Å². The van der Waals surface area contributed by atoms with Gasteiger partial charge in [-0.15, -0.1) is 11.3 Å². The minimum Gasteiger partial charge on any atom is -0.398 e. The van der Waals surface area contributed by atoms with Crippen LogP contribution in [0.15, 0.2) is 34.1 Å². The molecule has 0 fully saturated rings. The Morgan fingerprint density at radius 3 is 2.75 bits per heavy atom. The van der Waals surface area contributed by atoms with Crippen LogP contribution < -0.4 is 5.73 Å². The third-order valence-electron chi connectivity index (χ3n) is 2.10. The molecule has 0 saturated carbocycles. The zero-order valence-electron chi connectivity index (χ0n) is 8.04. The number of hydrogen-bond donors (Lipinski definition) is 1. The third-order valence-corrected chi connectivity index (χ3v) is 4.32. The number of ketones is 1. The van der Waals surface area contributed by atoms with E-state index in [2.05, 4.69) is 15.9 Å². The summed E-state index contributed by atoms with van der Waals surface area (Å²) in [5, 5.41) is 2.26. The molecular weight excluding hydrogens is 310 g/mol. The molecule has 5 heteroatoms.